The first-order valence-corrected chi connectivity index (χ1v) is 9.03. The first kappa shape index (κ1) is 19.1. The van der Waals surface area contributed by atoms with E-state index in [9.17, 15) is 9.18 Å². The number of rotatable bonds is 2. The van der Waals surface area contributed by atoms with Gasteiger partial charge in [-0.25, -0.2) is 9.38 Å². The molecule has 1 aliphatic rings. The Morgan fingerprint density at radius 1 is 1.07 bits per heavy atom. The Hall–Kier alpha value is -2.69. The minimum absolute atomic E-state index is 0.0226. The van der Waals surface area contributed by atoms with Crippen LogP contribution in [0.4, 0.5) is 4.39 Å². The first-order valence-electron chi connectivity index (χ1n) is 9.03. The third-order valence-electron chi connectivity index (χ3n) is 5.37. The molecular weight excluding hydrogens is 341 g/mol. The van der Waals surface area contributed by atoms with Crippen molar-refractivity contribution in [1.82, 2.24) is 4.90 Å². The van der Waals surface area contributed by atoms with Crippen LogP contribution in [0.15, 0.2) is 53.5 Å². The number of halogens is 1. The summed E-state index contributed by atoms with van der Waals surface area (Å²) in [4.78, 5) is 19.2. The second-order valence-electron chi connectivity index (χ2n) is 8.33. The molecule has 0 unspecified atom stereocenters. The van der Waals surface area contributed by atoms with Gasteiger partial charge in [-0.05, 0) is 41.2 Å². The number of aliphatic imine (C=N–C) groups is 1. The van der Waals surface area contributed by atoms with Crippen molar-refractivity contribution in [3.63, 3.8) is 0 Å². The van der Waals surface area contributed by atoms with Crippen LogP contribution in [0, 0.1) is 5.82 Å². The molecule has 1 aliphatic heterocycles. The van der Waals surface area contributed by atoms with E-state index in [1.807, 2.05) is 19.1 Å². The molecule has 1 amide bonds. The van der Waals surface area contributed by atoms with E-state index in [1.165, 1.54) is 22.6 Å². The highest BCUT2D eigenvalue weighted by atomic mass is 19.1. The summed E-state index contributed by atoms with van der Waals surface area (Å²) in [5.41, 5.74) is 7.93. The van der Waals surface area contributed by atoms with Gasteiger partial charge in [-0.1, -0.05) is 57.2 Å². The van der Waals surface area contributed by atoms with Crippen LogP contribution in [0.25, 0.3) is 0 Å². The lowest BCUT2D eigenvalue weighted by atomic mass is 9.74. The molecule has 0 radical (unpaired) electrons. The van der Waals surface area contributed by atoms with Crippen molar-refractivity contribution < 1.29 is 9.18 Å². The normalized spacial score (nSPS) is 23.3. The number of guanidine groups is 1. The Bertz CT molecular complexity index is 881. The fourth-order valence-corrected chi connectivity index (χ4v) is 3.59. The minimum Gasteiger partial charge on any atom is -0.369 e. The summed E-state index contributed by atoms with van der Waals surface area (Å²) in [5.74, 6) is -0.842. The van der Waals surface area contributed by atoms with Crippen molar-refractivity contribution in [1.29, 1.82) is 0 Å². The fraction of sp³-hybridized carbons (Fsp3) is 0.364. The Kier molecular flexibility index (Phi) is 4.58. The van der Waals surface area contributed by atoms with Gasteiger partial charge >= 0.3 is 0 Å². The van der Waals surface area contributed by atoms with Crippen LogP contribution in [-0.4, -0.2) is 23.8 Å². The monoisotopic (exact) mass is 367 g/mol. The standard InChI is InChI=1S/C22H26FN3O/c1-21(2,3)15-8-6-14(7-9-15)18-19(27)26(5)20(24)25-22(18,4)16-10-12-17(23)13-11-16/h6-13,18H,1-5H3,(H2,24,25)/t18-,22+/m0/s1. The molecule has 142 valence electrons. The van der Waals surface area contributed by atoms with E-state index in [4.69, 9.17) is 5.73 Å². The van der Waals surface area contributed by atoms with Gasteiger partial charge in [-0.2, -0.15) is 0 Å². The highest BCUT2D eigenvalue weighted by Crippen LogP contribution is 2.44. The molecule has 1 heterocycles. The maximum Gasteiger partial charge on any atom is 0.239 e. The molecule has 0 bridgehead atoms. The predicted molar refractivity (Wildman–Crippen MR) is 106 cm³/mol. The molecule has 0 fully saturated rings. The average molecular weight is 367 g/mol. The van der Waals surface area contributed by atoms with Crippen molar-refractivity contribution in [2.24, 2.45) is 10.7 Å². The number of carbonyl (C=O) groups excluding carboxylic acids is 1. The van der Waals surface area contributed by atoms with E-state index in [-0.39, 0.29) is 23.1 Å². The zero-order chi connectivity index (χ0) is 20.0. The van der Waals surface area contributed by atoms with Crippen LogP contribution in [0.2, 0.25) is 0 Å². The molecule has 0 saturated carbocycles. The summed E-state index contributed by atoms with van der Waals surface area (Å²) in [6.07, 6.45) is 0. The molecule has 2 aromatic rings. The lowest BCUT2D eigenvalue weighted by molar-refractivity contribution is -0.130. The first-order chi connectivity index (χ1) is 12.5. The maximum atomic E-state index is 13.4. The fourth-order valence-electron chi connectivity index (χ4n) is 3.59. The van der Waals surface area contributed by atoms with Gasteiger partial charge in [0.2, 0.25) is 5.91 Å². The number of likely N-dealkylation sites (N-methyl/N-ethyl adjacent to an activating group) is 1. The summed E-state index contributed by atoms with van der Waals surface area (Å²) < 4.78 is 13.4. The number of hydrogen-bond acceptors (Lipinski definition) is 3. The molecule has 5 heteroatoms. The van der Waals surface area contributed by atoms with Crippen molar-refractivity contribution in [2.45, 2.75) is 44.6 Å². The van der Waals surface area contributed by atoms with Crippen molar-refractivity contribution in [3.05, 3.63) is 71.0 Å². The third kappa shape index (κ3) is 3.34. The van der Waals surface area contributed by atoms with E-state index >= 15 is 0 Å². The largest absolute Gasteiger partial charge is 0.369 e. The summed E-state index contributed by atoms with van der Waals surface area (Å²) in [5, 5.41) is 0. The Labute approximate surface area is 159 Å². The lowest BCUT2D eigenvalue weighted by Gasteiger charge is -2.41. The summed E-state index contributed by atoms with van der Waals surface area (Å²) in [6, 6.07) is 14.2. The molecule has 0 spiro atoms. The lowest BCUT2D eigenvalue weighted by Crippen LogP contribution is -2.52. The smallest absolute Gasteiger partial charge is 0.239 e. The number of benzene rings is 2. The van der Waals surface area contributed by atoms with Gasteiger partial charge < -0.3 is 5.73 Å². The van der Waals surface area contributed by atoms with E-state index in [0.717, 1.165) is 11.1 Å². The highest BCUT2D eigenvalue weighted by Gasteiger charge is 2.47. The van der Waals surface area contributed by atoms with Gasteiger partial charge in [0.25, 0.3) is 0 Å². The van der Waals surface area contributed by atoms with Crippen LogP contribution in [0.5, 0.6) is 0 Å². The second kappa shape index (κ2) is 6.48. The van der Waals surface area contributed by atoms with Crippen LogP contribution in [0.1, 0.15) is 50.3 Å². The molecule has 27 heavy (non-hydrogen) atoms. The molecule has 2 aromatic carbocycles. The zero-order valence-electron chi connectivity index (χ0n) is 16.5. The van der Waals surface area contributed by atoms with Crippen LogP contribution < -0.4 is 5.73 Å². The van der Waals surface area contributed by atoms with E-state index in [2.05, 4.69) is 37.9 Å². The van der Waals surface area contributed by atoms with Gasteiger partial charge in [-0.3, -0.25) is 9.69 Å². The van der Waals surface area contributed by atoms with Crippen LogP contribution >= 0.6 is 0 Å². The second-order valence-corrected chi connectivity index (χ2v) is 8.33. The van der Waals surface area contributed by atoms with Gasteiger partial charge in [0.1, 0.15) is 11.4 Å². The molecule has 2 atom stereocenters. The number of nitrogens with two attached hydrogens (primary N) is 1. The Morgan fingerprint density at radius 2 is 1.63 bits per heavy atom. The molecule has 0 aromatic heterocycles. The van der Waals surface area contributed by atoms with Crippen LogP contribution in [-0.2, 0) is 15.7 Å². The minimum atomic E-state index is -0.912. The Balaban J connectivity index is 2.14. The predicted octanol–water partition coefficient (Wildman–Crippen LogP) is 3.91. The molecular formula is C22H26FN3O. The Morgan fingerprint density at radius 3 is 2.15 bits per heavy atom. The number of carbonyl (C=O) groups is 1. The van der Waals surface area contributed by atoms with E-state index in [0.29, 0.717) is 0 Å². The number of hydrogen-bond donors (Lipinski definition) is 1. The maximum absolute atomic E-state index is 13.4. The van der Waals surface area contributed by atoms with E-state index < -0.39 is 11.5 Å². The summed E-state index contributed by atoms with van der Waals surface area (Å²) >= 11 is 0. The number of nitrogens with zero attached hydrogens (tertiary/aromatic N) is 2. The summed E-state index contributed by atoms with van der Waals surface area (Å²) in [6.45, 7) is 8.32. The third-order valence-corrected chi connectivity index (χ3v) is 5.37. The molecule has 3 rings (SSSR count). The molecule has 0 aliphatic carbocycles. The summed E-state index contributed by atoms with van der Waals surface area (Å²) in [7, 11) is 1.63. The van der Waals surface area contributed by atoms with Gasteiger partial charge in [0.05, 0.1) is 5.92 Å². The molecule has 0 saturated heterocycles. The highest BCUT2D eigenvalue weighted by molar-refractivity contribution is 6.02. The topological polar surface area (TPSA) is 58.7 Å². The van der Waals surface area contributed by atoms with Crippen molar-refractivity contribution in [2.75, 3.05) is 7.05 Å². The van der Waals surface area contributed by atoms with Crippen LogP contribution in [0.3, 0.4) is 0 Å². The molecule has 2 N–H and O–H groups in total. The quantitative estimate of drug-likeness (QED) is 0.875. The van der Waals surface area contributed by atoms with Gasteiger partial charge in [0, 0.05) is 7.05 Å². The molecule has 4 nitrogen and oxygen atoms in total. The van der Waals surface area contributed by atoms with Gasteiger partial charge in [-0.15, -0.1) is 0 Å². The number of amides is 1. The SMILES string of the molecule is CN1C(=O)[C@H](c2ccc(C(C)(C)C)cc2)[C@@](C)(c2ccc(F)cc2)N=C1N. The van der Waals surface area contributed by atoms with Crippen molar-refractivity contribution in [3.8, 4) is 0 Å². The van der Waals surface area contributed by atoms with Crippen molar-refractivity contribution >= 4 is 11.9 Å². The zero-order valence-corrected chi connectivity index (χ0v) is 16.5. The average Bonchev–Trinajstić information content (AvgIpc) is 2.60. The van der Waals surface area contributed by atoms with Gasteiger partial charge in [0.15, 0.2) is 5.96 Å². The van der Waals surface area contributed by atoms with E-state index in [1.54, 1.807) is 19.2 Å².